The summed E-state index contributed by atoms with van der Waals surface area (Å²) in [5.74, 6) is -0.751. The molecular formula is C16H13BrO3S. The number of hydrogen-bond donors (Lipinski definition) is 0. The Morgan fingerprint density at radius 2 is 1.95 bits per heavy atom. The summed E-state index contributed by atoms with van der Waals surface area (Å²) in [6, 6.07) is 8.83. The third kappa shape index (κ3) is 4.65. The Morgan fingerprint density at radius 1 is 1.24 bits per heavy atom. The molecule has 0 N–H and O–H groups in total. The summed E-state index contributed by atoms with van der Waals surface area (Å²) in [6.07, 6.45) is 2.18. The summed E-state index contributed by atoms with van der Waals surface area (Å²) >= 11 is 4.85. The minimum atomic E-state index is -0.814. The number of hydrogen-bond acceptors (Lipinski definition) is 4. The molecule has 5 heteroatoms. The first-order valence-corrected chi connectivity index (χ1v) is 8.00. The van der Waals surface area contributed by atoms with E-state index in [0.717, 1.165) is 10.0 Å². The molecule has 0 spiro atoms. The number of carbonyl (C=O) groups excluding carboxylic acids is 2. The monoisotopic (exact) mass is 364 g/mol. The molecule has 0 aliphatic rings. The third-order valence-electron chi connectivity index (χ3n) is 2.75. The standard InChI is InChI=1S/C16H13BrO3S/c1-11(16(19)13-3-5-14(17)6-4-13)20-15(18)7-2-12-8-9-21-10-12/h2-11H,1H3/b7-2+/t11-/m1/s1. The van der Waals surface area contributed by atoms with Crippen LogP contribution in [0.1, 0.15) is 22.8 Å². The van der Waals surface area contributed by atoms with E-state index in [1.807, 2.05) is 16.8 Å². The molecule has 2 aromatic rings. The Bertz CT molecular complexity index is 645. The number of esters is 1. The fourth-order valence-corrected chi connectivity index (χ4v) is 2.54. The molecule has 0 saturated heterocycles. The Hall–Kier alpha value is -1.72. The highest BCUT2D eigenvalue weighted by Crippen LogP contribution is 2.13. The van der Waals surface area contributed by atoms with Crippen LogP contribution >= 0.6 is 27.3 Å². The van der Waals surface area contributed by atoms with Gasteiger partial charge >= 0.3 is 5.97 Å². The number of ether oxygens (including phenoxy) is 1. The highest BCUT2D eigenvalue weighted by molar-refractivity contribution is 9.10. The Morgan fingerprint density at radius 3 is 2.57 bits per heavy atom. The molecule has 0 radical (unpaired) electrons. The van der Waals surface area contributed by atoms with E-state index < -0.39 is 12.1 Å². The number of ketones is 1. The van der Waals surface area contributed by atoms with Crippen molar-refractivity contribution in [1.82, 2.24) is 0 Å². The lowest BCUT2D eigenvalue weighted by molar-refractivity contribution is -0.140. The molecule has 1 atom stereocenters. The summed E-state index contributed by atoms with van der Waals surface area (Å²) in [7, 11) is 0. The normalized spacial score (nSPS) is 12.3. The van der Waals surface area contributed by atoms with E-state index >= 15 is 0 Å². The predicted molar refractivity (Wildman–Crippen MR) is 87.4 cm³/mol. The van der Waals surface area contributed by atoms with E-state index in [9.17, 15) is 9.59 Å². The number of rotatable bonds is 5. The van der Waals surface area contributed by atoms with Crippen molar-refractivity contribution in [3.8, 4) is 0 Å². The highest BCUT2D eigenvalue weighted by Gasteiger charge is 2.18. The molecule has 108 valence electrons. The minimum Gasteiger partial charge on any atom is -0.451 e. The molecule has 21 heavy (non-hydrogen) atoms. The molecule has 1 heterocycles. The largest absolute Gasteiger partial charge is 0.451 e. The lowest BCUT2D eigenvalue weighted by Crippen LogP contribution is -2.23. The van der Waals surface area contributed by atoms with Crippen molar-refractivity contribution in [3.63, 3.8) is 0 Å². The smallest absolute Gasteiger partial charge is 0.331 e. The molecule has 0 aliphatic heterocycles. The van der Waals surface area contributed by atoms with Crippen molar-refractivity contribution in [3.05, 3.63) is 62.8 Å². The summed E-state index contributed by atoms with van der Waals surface area (Å²) in [4.78, 5) is 23.8. The first kappa shape index (κ1) is 15.7. The van der Waals surface area contributed by atoms with E-state index in [4.69, 9.17) is 4.74 Å². The molecule has 1 aromatic carbocycles. The minimum absolute atomic E-state index is 0.222. The maximum atomic E-state index is 12.1. The van der Waals surface area contributed by atoms with Crippen molar-refractivity contribution in [2.24, 2.45) is 0 Å². The average Bonchev–Trinajstić information content (AvgIpc) is 2.98. The van der Waals surface area contributed by atoms with Gasteiger partial charge in [0.2, 0.25) is 5.78 Å². The van der Waals surface area contributed by atoms with Gasteiger partial charge in [-0.25, -0.2) is 4.79 Å². The van der Waals surface area contributed by atoms with E-state index in [-0.39, 0.29) is 5.78 Å². The maximum Gasteiger partial charge on any atom is 0.331 e. The molecular weight excluding hydrogens is 352 g/mol. The lowest BCUT2D eigenvalue weighted by Gasteiger charge is -2.10. The van der Waals surface area contributed by atoms with Gasteiger partial charge in [0, 0.05) is 16.1 Å². The van der Waals surface area contributed by atoms with Crippen molar-refractivity contribution in [1.29, 1.82) is 0 Å². The first-order chi connectivity index (χ1) is 10.1. The molecule has 0 aliphatic carbocycles. The van der Waals surface area contributed by atoms with Crippen LogP contribution < -0.4 is 0 Å². The van der Waals surface area contributed by atoms with E-state index in [1.165, 1.54) is 6.08 Å². The zero-order valence-electron chi connectivity index (χ0n) is 11.3. The van der Waals surface area contributed by atoms with Crippen LogP contribution in [0.5, 0.6) is 0 Å². The van der Waals surface area contributed by atoms with Gasteiger partial charge < -0.3 is 4.74 Å². The van der Waals surface area contributed by atoms with Gasteiger partial charge in [-0.2, -0.15) is 11.3 Å². The van der Waals surface area contributed by atoms with Gasteiger partial charge in [0.1, 0.15) is 0 Å². The summed E-state index contributed by atoms with van der Waals surface area (Å²) in [5.41, 5.74) is 1.45. The van der Waals surface area contributed by atoms with Gasteiger partial charge in [0.05, 0.1) is 0 Å². The van der Waals surface area contributed by atoms with Crippen molar-refractivity contribution in [2.45, 2.75) is 13.0 Å². The van der Waals surface area contributed by atoms with E-state index in [1.54, 1.807) is 48.6 Å². The van der Waals surface area contributed by atoms with Crippen LogP contribution in [-0.4, -0.2) is 17.9 Å². The number of halogens is 1. The predicted octanol–water partition coefficient (Wildman–Crippen LogP) is 4.34. The van der Waals surface area contributed by atoms with Gasteiger partial charge in [0.25, 0.3) is 0 Å². The fourth-order valence-electron chi connectivity index (χ4n) is 1.65. The number of carbonyl (C=O) groups is 2. The Balaban J connectivity index is 1.94. The SMILES string of the molecule is C[C@@H](OC(=O)/C=C/c1ccsc1)C(=O)c1ccc(Br)cc1. The topological polar surface area (TPSA) is 43.4 Å². The molecule has 3 nitrogen and oxygen atoms in total. The number of Topliss-reactive ketones (excluding diaryl/α,β-unsaturated/α-hetero) is 1. The zero-order chi connectivity index (χ0) is 15.2. The van der Waals surface area contributed by atoms with Crippen LogP contribution in [0, 0.1) is 0 Å². The second kappa shape index (κ2) is 7.33. The van der Waals surface area contributed by atoms with Gasteiger partial charge in [-0.05, 0) is 47.5 Å². The highest BCUT2D eigenvalue weighted by atomic mass is 79.9. The van der Waals surface area contributed by atoms with Crippen LogP contribution in [0.15, 0.2) is 51.6 Å². The van der Waals surface area contributed by atoms with Crippen LogP contribution in [0.3, 0.4) is 0 Å². The van der Waals surface area contributed by atoms with E-state index in [0.29, 0.717) is 5.56 Å². The molecule has 0 unspecified atom stereocenters. The molecule has 2 rings (SSSR count). The summed E-state index contributed by atoms with van der Waals surface area (Å²) in [6.45, 7) is 1.57. The molecule has 0 amide bonds. The first-order valence-electron chi connectivity index (χ1n) is 6.27. The van der Waals surface area contributed by atoms with Crippen LogP contribution in [-0.2, 0) is 9.53 Å². The van der Waals surface area contributed by atoms with Gasteiger partial charge in [-0.1, -0.05) is 28.1 Å². The molecule has 0 fully saturated rings. The van der Waals surface area contributed by atoms with Crippen molar-refractivity contribution in [2.75, 3.05) is 0 Å². The molecule has 1 aromatic heterocycles. The lowest BCUT2D eigenvalue weighted by atomic mass is 10.1. The Kier molecular flexibility index (Phi) is 5.47. The Labute approximate surface area is 135 Å². The second-order valence-electron chi connectivity index (χ2n) is 4.34. The summed E-state index contributed by atoms with van der Waals surface area (Å²) < 4.78 is 6.00. The van der Waals surface area contributed by atoms with E-state index in [2.05, 4.69) is 15.9 Å². The maximum absolute atomic E-state index is 12.1. The van der Waals surface area contributed by atoms with Crippen LogP contribution in [0.4, 0.5) is 0 Å². The van der Waals surface area contributed by atoms with Crippen LogP contribution in [0.2, 0.25) is 0 Å². The van der Waals surface area contributed by atoms with Gasteiger partial charge in [0.15, 0.2) is 6.10 Å². The van der Waals surface area contributed by atoms with Gasteiger partial charge in [-0.15, -0.1) is 0 Å². The quantitative estimate of drug-likeness (QED) is 0.450. The van der Waals surface area contributed by atoms with Crippen molar-refractivity contribution >= 4 is 45.1 Å². The average molecular weight is 365 g/mol. The number of thiophene rings is 1. The summed E-state index contributed by atoms with van der Waals surface area (Å²) in [5, 5.41) is 3.84. The van der Waals surface area contributed by atoms with Crippen LogP contribution in [0.25, 0.3) is 6.08 Å². The number of benzene rings is 1. The second-order valence-corrected chi connectivity index (χ2v) is 6.04. The van der Waals surface area contributed by atoms with Crippen molar-refractivity contribution < 1.29 is 14.3 Å². The molecule has 0 bridgehead atoms. The van der Waals surface area contributed by atoms with Gasteiger partial charge in [-0.3, -0.25) is 4.79 Å². The fraction of sp³-hybridized carbons (Fsp3) is 0.125. The zero-order valence-corrected chi connectivity index (χ0v) is 13.7. The molecule has 0 saturated carbocycles. The third-order valence-corrected chi connectivity index (χ3v) is 3.98.